The predicted octanol–water partition coefficient (Wildman–Crippen LogP) is 3.26. The molecule has 1 aliphatic carbocycles. The molecule has 0 radical (unpaired) electrons. The van der Waals surface area contributed by atoms with Crippen LogP contribution in [0.2, 0.25) is 5.02 Å². The van der Waals surface area contributed by atoms with Gasteiger partial charge in [0.2, 0.25) is 0 Å². The first-order valence-corrected chi connectivity index (χ1v) is 8.98. The molecule has 2 fully saturated rings. The van der Waals surface area contributed by atoms with Gasteiger partial charge in [-0.05, 0) is 38.4 Å². The number of carbonyl (C=O) groups excluding carboxylic acids is 1. The van der Waals surface area contributed by atoms with Gasteiger partial charge in [-0.25, -0.2) is 13.6 Å². The summed E-state index contributed by atoms with van der Waals surface area (Å²) in [5.41, 5.74) is -1.66. The van der Waals surface area contributed by atoms with Crippen LogP contribution in [-0.4, -0.2) is 36.2 Å². The Morgan fingerprint density at radius 1 is 1.28 bits per heavy atom. The summed E-state index contributed by atoms with van der Waals surface area (Å²) in [6.07, 6.45) is -0.441. The molecular weight excluding hydrogens is 352 g/mol. The van der Waals surface area contributed by atoms with Crippen molar-refractivity contribution in [3.05, 3.63) is 34.9 Å². The van der Waals surface area contributed by atoms with Gasteiger partial charge in [0, 0.05) is 29.3 Å². The van der Waals surface area contributed by atoms with Gasteiger partial charge in [-0.15, -0.1) is 0 Å². The largest absolute Gasteiger partial charge is 0.460 e. The molecule has 25 heavy (non-hydrogen) atoms. The van der Waals surface area contributed by atoms with E-state index in [-0.39, 0.29) is 29.3 Å². The van der Waals surface area contributed by atoms with Crippen LogP contribution in [0.25, 0.3) is 0 Å². The fourth-order valence-electron chi connectivity index (χ4n) is 3.76. The molecule has 2 unspecified atom stereocenters. The van der Waals surface area contributed by atoms with Gasteiger partial charge in [0.25, 0.3) is 5.92 Å². The SMILES string of the molecule is O=C(OC1CCC(F)(F)C1)C(O)(c1ccccc1Cl)C1CCNCC1. The zero-order valence-electron chi connectivity index (χ0n) is 13.8. The van der Waals surface area contributed by atoms with Crippen LogP contribution >= 0.6 is 11.6 Å². The van der Waals surface area contributed by atoms with E-state index in [1.165, 1.54) is 0 Å². The number of hydrogen-bond acceptors (Lipinski definition) is 4. The fraction of sp³-hybridized carbons (Fsp3) is 0.611. The molecule has 4 nitrogen and oxygen atoms in total. The normalized spacial score (nSPS) is 26.2. The third kappa shape index (κ3) is 3.81. The quantitative estimate of drug-likeness (QED) is 0.795. The number of nitrogens with one attached hydrogen (secondary N) is 1. The molecule has 1 aromatic rings. The molecule has 0 bridgehead atoms. The Kier molecular flexibility index (Phi) is 5.32. The van der Waals surface area contributed by atoms with Crippen LogP contribution in [0.3, 0.4) is 0 Å². The molecule has 1 saturated carbocycles. The smallest absolute Gasteiger partial charge is 0.343 e. The van der Waals surface area contributed by atoms with Crippen molar-refractivity contribution >= 4 is 17.6 Å². The van der Waals surface area contributed by atoms with Gasteiger partial charge >= 0.3 is 5.97 Å². The van der Waals surface area contributed by atoms with E-state index in [9.17, 15) is 18.7 Å². The van der Waals surface area contributed by atoms with E-state index < -0.39 is 30.0 Å². The Morgan fingerprint density at radius 3 is 2.56 bits per heavy atom. The molecule has 2 aliphatic rings. The van der Waals surface area contributed by atoms with Crippen molar-refractivity contribution in [3.63, 3.8) is 0 Å². The highest BCUT2D eigenvalue weighted by Gasteiger charge is 2.50. The summed E-state index contributed by atoms with van der Waals surface area (Å²) in [6.45, 7) is 1.32. The minimum absolute atomic E-state index is 0.101. The van der Waals surface area contributed by atoms with Crippen LogP contribution in [-0.2, 0) is 15.1 Å². The highest BCUT2D eigenvalue weighted by molar-refractivity contribution is 6.31. The summed E-state index contributed by atoms with van der Waals surface area (Å²) >= 11 is 6.23. The Morgan fingerprint density at radius 2 is 1.96 bits per heavy atom. The number of carbonyl (C=O) groups is 1. The molecular formula is C18H22ClF2NO3. The molecule has 7 heteroatoms. The van der Waals surface area contributed by atoms with Crippen LogP contribution < -0.4 is 5.32 Å². The summed E-state index contributed by atoms with van der Waals surface area (Å²) < 4.78 is 32.1. The number of aliphatic hydroxyl groups is 1. The number of halogens is 3. The van der Waals surface area contributed by atoms with Crippen LogP contribution in [0.5, 0.6) is 0 Å². The number of rotatable bonds is 4. The Hall–Kier alpha value is -1.24. The number of ether oxygens (including phenoxy) is 1. The molecule has 1 aliphatic heterocycles. The molecule has 0 spiro atoms. The maximum absolute atomic E-state index is 13.4. The van der Waals surface area contributed by atoms with Crippen molar-refractivity contribution in [3.8, 4) is 0 Å². The molecule has 2 N–H and O–H groups in total. The van der Waals surface area contributed by atoms with E-state index in [2.05, 4.69) is 5.32 Å². The molecule has 0 aromatic heterocycles. The lowest BCUT2D eigenvalue weighted by Crippen LogP contribution is -2.49. The van der Waals surface area contributed by atoms with Gasteiger partial charge in [-0.2, -0.15) is 0 Å². The van der Waals surface area contributed by atoms with E-state index >= 15 is 0 Å². The van der Waals surface area contributed by atoms with Crippen LogP contribution in [0.1, 0.15) is 37.7 Å². The maximum atomic E-state index is 13.4. The Balaban J connectivity index is 1.88. The average molecular weight is 374 g/mol. The van der Waals surface area contributed by atoms with Crippen molar-refractivity contribution < 1.29 is 23.4 Å². The van der Waals surface area contributed by atoms with E-state index in [4.69, 9.17) is 16.3 Å². The Labute approximate surface area is 150 Å². The molecule has 0 amide bonds. The minimum Gasteiger partial charge on any atom is -0.460 e. The van der Waals surface area contributed by atoms with Crippen molar-refractivity contribution in [2.45, 2.75) is 49.7 Å². The number of hydrogen-bond donors (Lipinski definition) is 2. The van der Waals surface area contributed by atoms with Crippen LogP contribution in [0.15, 0.2) is 24.3 Å². The highest BCUT2D eigenvalue weighted by atomic mass is 35.5. The summed E-state index contributed by atoms with van der Waals surface area (Å²) in [4.78, 5) is 12.9. The fourth-order valence-corrected chi connectivity index (χ4v) is 4.04. The topological polar surface area (TPSA) is 58.6 Å². The molecule has 1 heterocycles. The lowest BCUT2D eigenvalue weighted by atomic mass is 9.76. The second-order valence-electron chi connectivity index (χ2n) is 6.90. The highest BCUT2D eigenvalue weighted by Crippen LogP contribution is 2.42. The van der Waals surface area contributed by atoms with Gasteiger partial charge in [-0.1, -0.05) is 29.8 Å². The maximum Gasteiger partial charge on any atom is 0.343 e. The van der Waals surface area contributed by atoms with E-state index in [0.717, 1.165) is 0 Å². The van der Waals surface area contributed by atoms with Crippen molar-refractivity contribution in [2.75, 3.05) is 13.1 Å². The van der Waals surface area contributed by atoms with Crippen LogP contribution in [0.4, 0.5) is 8.78 Å². The first kappa shape index (κ1) is 18.5. The van der Waals surface area contributed by atoms with Crippen LogP contribution in [0, 0.1) is 5.92 Å². The monoisotopic (exact) mass is 373 g/mol. The lowest BCUT2D eigenvalue weighted by Gasteiger charge is -2.38. The molecule has 2 atom stereocenters. The van der Waals surface area contributed by atoms with Crippen molar-refractivity contribution in [1.29, 1.82) is 0 Å². The number of benzene rings is 1. The first-order valence-electron chi connectivity index (χ1n) is 8.60. The molecule has 1 aromatic carbocycles. The van der Waals surface area contributed by atoms with Crippen molar-refractivity contribution in [1.82, 2.24) is 5.32 Å². The zero-order valence-corrected chi connectivity index (χ0v) is 14.6. The van der Waals surface area contributed by atoms with E-state index in [1.807, 2.05) is 0 Å². The number of alkyl halides is 2. The average Bonchev–Trinajstić information content (AvgIpc) is 2.94. The lowest BCUT2D eigenvalue weighted by molar-refractivity contribution is -0.181. The minimum atomic E-state index is -2.82. The summed E-state index contributed by atoms with van der Waals surface area (Å²) in [5, 5.41) is 14.8. The number of piperidine rings is 1. The van der Waals surface area contributed by atoms with Gasteiger partial charge in [-0.3, -0.25) is 0 Å². The summed E-state index contributed by atoms with van der Waals surface area (Å²) in [6, 6.07) is 6.58. The summed E-state index contributed by atoms with van der Waals surface area (Å²) in [5.74, 6) is -4.08. The van der Waals surface area contributed by atoms with Gasteiger partial charge < -0.3 is 15.2 Å². The van der Waals surface area contributed by atoms with Gasteiger partial charge in [0.05, 0.1) is 0 Å². The second kappa shape index (κ2) is 7.17. The molecule has 138 valence electrons. The van der Waals surface area contributed by atoms with Gasteiger partial charge in [0.1, 0.15) is 6.10 Å². The van der Waals surface area contributed by atoms with Gasteiger partial charge in [0.15, 0.2) is 5.60 Å². The standard InChI is InChI=1S/C18H22ClF2NO3/c19-15-4-2-1-3-14(15)18(24,12-6-9-22-10-7-12)16(23)25-13-5-8-17(20,21)11-13/h1-4,12-13,22,24H,5-11H2. The van der Waals surface area contributed by atoms with Crippen molar-refractivity contribution in [2.24, 2.45) is 5.92 Å². The first-order chi connectivity index (χ1) is 11.8. The molecule has 1 saturated heterocycles. The van der Waals surface area contributed by atoms with E-state index in [0.29, 0.717) is 25.9 Å². The Bertz CT molecular complexity index is 637. The third-order valence-corrected chi connectivity index (χ3v) is 5.49. The predicted molar refractivity (Wildman–Crippen MR) is 89.6 cm³/mol. The third-order valence-electron chi connectivity index (χ3n) is 5.16. The van der Waals surface area contributed by atoms with E-state index in [1.54, 1.807) is 24.3 Å². The zero-order chi connectivity index (χ0) is 18.1. The number of esters is 1. The summed E-state index contributed by atoms with van der Waals surface area (Å²) in [7, 11) is 0. The molecule has 3 rings (SSSR count). The second-order valence-corrected chi connectivity index (χ2v) is 7.30.